The van der Waals surface area contributed by atoms with Crippen molar-refractivity contribution in [2.75, 3.05) is 13.6 Å². The highest BCUT2D eigenvalue weighted by Gasteiger charge is 2.35. The Bertz CT molecular complexity index is 299. The number of imide groups is 1. The van der Waals surface area contributed by atoms with E-state index in [0.29, 0.717) is 0 Å². The summed E-state index contributed by atoms with van der Waals surface area (Å²) in [6.45, 7) is 1.88. The summed E-state index contributed by atoms with van der Waals surface area (Å²) in [4.78, 5) is 35.0. The van der Waals surface area contributed by atoms with Gasteiger partial charge in [-0.25, -0.2) is 5.43 Å². The second-order valence-corrected chi connectivity index (χ2v) is 3.54. The fraction of sp³-hybridized carbons (Fsp3) is 0.667. The monoisotopic (exact) mass is 217 g/mol. The van der Waals surface area contributed by atoms with Gasteiger partial charge in [0, 0.05) is 35.2 Å². The molecule has 1 atom stereocenters. The lowest BCUT2D eigenvalue weighted by atomic mass is 10.1. The molecule has 88 valence electrons. The maximum atomic E-state index is 11.4. The van der Waals surface area contributed by atoms with Crippen LogP contribution in [0.25, 0.3) is 0 Å². The van der Waals surface area contributed by atoms with Gasteiger partial charge in [0.05, 0.1) is 0 Å². The molecule has 15 heavy (non-hydrogen) atoms. The van der Waals surface area contributed by atoms with Crippen LogP contribution in [-0.4, -0.2) is 36.2 Å². The number of nitrogens with one attached hydrogen (secondary N) is 2. The molecule has 3 amide bonds. The molecule has 0 bridgehead atoms. The lowest BCUT2D eigenvalue weighted by molar-refractivity contribution is -0.139. The van der Waals surface area contributed by atoms with E-state index in [4.69, 9.17) is 0 Å². The normalized spacial score (nSPS) is 20.9. The molecular formula is C9H19N3O3. The minimum atomic E-state index is -0.245. The summed E-state index contributed by atoms with van der Waals surface area (Å²) < 4.78 is 0. The predicted molar refractivity (Wildman–Crippen MR) is 56.5 cm³/mol. The van der Waals surface area contributed by atoms with E-state index in [1.807, 2.05) is 0 Å². The van der Waals surface area contributed by atoms with E-state index in [9.17, 15) is 14.4 Å². The van der Waals surface area contributed by atoms with Crippen LogP contribution in [0, 0.1) is 5.92 Å². The van der Waals surface area contributed by atoms with Crippen LogP contribution in [0.5, 0.6) is 0 Å². The highest BCUT2D eigenvalue weighted by Crippen LogP contribution is 2.18. The predicted octanol–water partition coefficient (Wildman–Crippen LogP) is -0.486. The van der Waals surface area contributed by atoms with Gasteiger partial charge >= 0.3 is 0 Å². The molecule has 1 unspecified atom stereocenters. The topological polar surface area (TPSA) is 78.5 Å². The number of likely N-dealkylation sites (tertiary alicyclic amines) is 1. The third-order valence-electron chi connectivity index (χ3n) is 2.30. The zero-order chi connectivity index (χ0) is 11.4. The van der Waals surface area contributed by atoms with Crippen molar-refractivity contribution in [1.82, 2.24) is 15.8 Å². The van der Waals surface area contributed by atoms with Gasteiger partial charge in [-0.3, -0.25) is 24.7 Å². The number of amides is 3. The van der Waals surface area contributed by atoms with Crippen LogP contribution in [0.1, 0.15) is 22.6 Å². The Balaban J connectivity index is 0. The summed E-state index contributed by atoms with van der Waals surface area (Å²) in [6, 6.07) is 0. The number of carbonyl (C=O) groups excluding carboxylic acids is 3. The molecular weight excluding hydrogens is 198 g/mol. The van der Waals surface area contributed by atoms with Crippen molar-refractivity contribution in [2.45, 2.75) is 19.8 Å². The van der Waals surface area contributed by atoms with E-state index in [1.54, 1.807) is 14.0 Å². The van der Waals surface area contributed by atoms with Crippen molar-refractivity contribution in [1.29, 1.82) is 0 Å². The highest BCUT2D eigenvalue weighted by atomic mass is 16.2. The molecule has 0 radical (unpaired) electrons. The Hall–Kier alpha value is -1.43. The molecule has 2 N–H and O–H groups in total. The molecule has 0 aliphatic carbocycles. The first kappa shape index (κ1) is 11.6. The Morgan fingerprint density at radius 1 is 1.60 bits per heavy atom. The molecule has 1 saturated heterocycles. The molecule has 0 saturated carbocycles. The average Bonchev–Trinajstić information content (AvgIpc) is 2.40. The van der Waals surface area contributed by atoms with Gasteiger partial charge in [-0.1, -0.05) is 6.92 Å². The standard InChI is InChI=1S/C9H15N3O3.2H2/c1-6-5-8(14)12(9(6)15)4-3-7(13)11-10-2;;/h6,10H,3-5H2,1-2H3,(H,11,13);2*1H. The van der Waals surface area contributed by atoms with Crippen LogP contribution in [-0.2, 0) is 14.4 Å². The number of hydrogen-bond acceptors (Lipinski definition) is 4. The minimum absolute atomic E-state index is 0. The third kappa shape index (κ3) is 2.76. The van der Waals surface area contributed by atoms with Crippen molar-refractivity contribution >= 4 is 17.7 Å². The number of hydrazine groups is 1. The third-order valence-corrected chi connectivity index (χ3v) is 2.30. The number of carbonyl (C=O) groups is 3. The zero-order valence-electron chi connectivity index (χ0n) is 8.87. The fourth-order valence-electron chi connectivity index (χ4n) is 1.50. The molecule has 1 fully saturated rings. The van der Waals surface area contributed by atoms with E-state index in [-0.39, 0.29) is 45.9 Å². The quantitative estimate of drug-likeness (QED) is 0.492. The second-order valence-electron chi connectivity index (χ2n) is 3.54. The van der Waals surface area contributed by atoms with Gasteiger partial charge in [0.1, 0.15) is 0 Å². The van der Waals surface area contributed by atoms with Gasteiger partial charge in [0.25, 0.3) is 0 Å². The van der Waals surface area contributed by atoms with Crippen LogP contribution in [0.15, 0.2) is 0 Å². The van der Waals surface area contributed by atoms with Crippen molar-refractivity contribution in [3.63, 3.8) is 0 Å². The molecule has 6 nitrogen and oxygen atoms in total. The minimum Gasteiger partial charge on any atom is -0.292 e. The summed E-state index contributed by atoms with van der Waals surface area (Å²) in [6.07, 6.45) is 0.386. The van der Waals surface area contributed by atoms with Gasteiger partial charge in [0.15, 0.2) is 0 Å². The Kier molecular flexibility index (Phi) is 3.79. The van der Waals surface area contributed by atoms with Gasteiger partial charge in [-0.15, -0.1) is 0 Å². The summed E-state index contributed by atoms with van der Waals surface area (Å²) in [5.74, 6) is -0.857. The lowest BCUT2D eigenvalue weighted by Gasteiger charge is -2.13. The van der Waals surface area contributed by atoms with E-state index < -0.39 is 0 Å². The van der Waals surface area contributed by atoms with Gasteiger partial charge in [0.2, 0.25) is 17.7 Å². The lowest BCUT2D eigenvalue weighted by Crippen LogP contribution is -2.38. The SMILES string of the molecule is CNNC(=O)CCN1C(=O)CC(C)C1=O.[HH].[HH]. The highest BCUT2D eigenvalue weighted by molar-refractivity contribution is 6.03. The number of rotatable bonds is 4. The molecule has 6 heteroatoms. The fourth-order valence-corrected chi connectivity index (χ4v) is 1.50. The summed E-state index contributed by atoms with van der Waals surface area (Å²) >= 11 is 0. The van der Waals surface area contributed by atoms with Crippen LogP contribution >= 0.6 is 0 Å². The van der Waals surface area contributed by atoms with Crippen LogP contribution in [0.3, 0.4) is 0 Å². The molecule has 0 spiro atoms. The molecule has 0 aromatic carbocycles. The molecule has 1 aliphatic heterocycles. The Labute approximate surface area is 90.9 Å². The van der Waals surface area contributed by atoms with Crippen molar-refractivity contribution in [3.05, 3.63) is 0 Å². The maximum absolute atomic E-state index is 11.4. The molecule has 1 rings (SSSR count). The maximum Gasteiger partial charge on any atom is 0.235 e. The van der Waals surface area contributed by atoms with E-state index in [0.717, 1.165) is 4.90 Å². The van der Waals surface area contributed by atoms with Gasteiger partial charge < -0.3 is 0 Å². The second kappa shape index (κ2) is 4.88. The first-order valence-electron chi connectivity index (χ1n) is 4.86. The molecule has 1 aliphatic rings. The molecule has 1 heterocycles. The van der Waals surface area contributed by atoms with E-state index >= 15 is 0 Å². The smallest absolute Gasteiger partial charge is 0.235 e. The van der Waals surface area contributed by atoms with E-state index in [1.165, 1.54) is 0 Å². The van der Waals surface area contributed by atoms with Gasteiger partial charge in [-0.2, -0.15) is 0 Å². The van der Waals surface area contributed by atoms with Crippen molar-refractivity contribution in [2.24, 2.45) is 5.92 Å². The first-order chi connectivity index (χ1) is 7.06. The number of nitrogens with zero attached hydrogens (tertiary/aromatic N) is 1. The largest absolute Gasteiger partial charge is 0.292 e. The zero-order valence-corrected chi connectivity index (χ0v) is 8.87. The summed E-state index contributed by atoms with van der Waals surface area (Å²) in [7, 11) is 1.58. The van der Waals surface area contributed by atoms with Crippen LogP contribution < -0.4 is 10.9 Å². The molecule has 0 aromatic rings. The summed E-state index contributed by atoms with van der Waals surface area (Å²) in [5, 5.41) is 0. The van der Waals surface area contributed by atoms with Gasteiger partial charge in [-0.05, 0) is 0 Å². The Morgan fingerprint density at radius 2 is 2.27 bits per heavy atom. The molecule has 0 aromatic heterocycles. The average molecular weight is 217 g/mol. The van der Waals surface area contributed by atoms with Crippen molar-refractivity contribution in [3.8, 4) is 0 Å². The van der Waals surface area contributed by atoms with E-state index in [2.05, 4.69) is 10.9 Å². The summed E-state index contributed by atoms with van der Waals surface area (Å²) in [5.41, 5.74) is 4.86. The van der Waals surface area contributed by atoms with Crippen LogP contribution in [0.4, 0.5) is 0 Å². The number of hydrogen-bond donors (Lipinski definition) is 2. The van der Waals surface area contributed by atoms with Crippen LogP contribution in [0.2, 0.25) is 0 Å². The first-order valence-corrected chi connectivity index (χ1v) is 4.86. The Morgan fingerprint density at radius 3 is 2.73 bits per heavy atom. The van der Waals surface area contributed by atoms with Crippen molar-refractivity contribution < 1.29 is 17.2 Å².